The highest BCUT2D eigenvalue weighted by atomic mass is 32.2. The van der Waals surface area contributed by atoms with Gasteiger partial charge in [0.25, 0.3) is 0 Å². The molecule has 0 atom stereocenters. The Morgan fingerprint density at radius 1 is 1.47 bits per heavy atom. The van der Waals surface area contributed by atoms with Gasteiger partial charge in [0.15, 0.2) is 0 Å². The van der Waals surface area contributed by atoms with Gasteiger partial charge in [0.1, 0.15) is 4.90 Å². The first-order valence-corrected chi connectivity index (χ1v) is 7.09. The molecule has 0 unspecified atom stereocenters. The van der Waals surface area contributed by atoms with Crippen molar-refractivity contribution in [2.24, 2.45) is 0 Å². The van der Waals surface area contributed by atoms with Crippen LogP contribution in [0, 0.1) is 6.92 Å². The fraction of sp³-hybridized carbons (Fsp3) is 0.700. The zero-order valence-corrected chi connectivity index (χ0v) is 11.0. The lowest BCUT2D eigenvalue weighted by molar-refractivity contribution is 0.252. The number of hydrogen-bond donors (Lipinski definition) is 2. The molecule has 6 nitrogen and oxygen atoms in total. The average Bonchev–Trinajstić information content (AvgIpc) is 2.71. The smallest absolute Gasteiger partial charge is 0.246 e. The summed E-state index contributed by atoms with van der Waals surface area (Å²) in [6.07, 6.45) is 2.99. The van der Waals surface area contributed by atoms with Crippen molar-refractivity contribution in [2.45, 2.75) is 31.6 Å². The lowest BCUT2D eigenvalue weighted by atomic mass is 10.3. The molecule has 1 aromatic rings. The number of aliphatic hydroxyl groups is 1. The van der Waals surface area contributed by atoms with Crippen molar-refractivity contribution < 1.29 is 13.5 Å². The minimum absolute atomic E-state index is 0.118. The van der Waals surface area contributed by atoms with E-state index in [2.05, 4.69) is 10.2 Å². The number of rotatable bonds is 7. The summed E-state index contributed by atoms with van der Waals surface area (Å²) < 4.78 is 25.8. The second-order valence-electron chi connectivity index (χ2n) is 3.84. The molecule has 1 rings (SSSR count). The number of nitrogens with zero attached hydrogens (tertiary/aromatic N) is 2. The normalized spacial score (nSPS) is 12.2. The van der Waals surface area contributed by atoms with Gasteiger partial charge in [-0.1, -0.05) is 13.3 Å². The number of hydrogen-bond acceptors (Lipinski definition) is 4. The quantitative estimate of drug-likeness (QED) is 0.748. The van der Waals surface area contributed by atoms with Gasteiger partial charge in [-0.05, 0) is 13.3 Å². The molecule has 0 saturated heterocycles. The summed E-state index contributed by atoms with van der Waals surface area (Å²) in [5.41, 5.74) is 0.518. The Kier molecular flexibility index (Phi) is 5.10. The van der Waals surface area contributed by atoms with Crippen LogP contribution in [0.1, 0.15) is 25.5 Å². The monoisotopic (exact) mass is 261 g/mol. The molecular formula is C10H19N3O3S. The van der Waals surface area contributed by atoms with Crippen molar-refractivity contribution in [3.8, 4) is 0 Å². The lowest BCUT2D eigenvalue weighted by Crippen LogP contribution is -2.34. The largest absolute Gasteiger partial charge is 0.395 e. The molecule has 0 saturated carbocycles. The van der Waals surface area contributed by atoms with Crippen LogP contribution in [0.4, 0.5) is 0 Å². The fourth-order valence-electron chi connectivity index (χ4n) is 1.54. The molecule has 0 aliphatic carbocycles. The molecule has 98 valence electrons. The van der Waals surface area contributed by atoms with Crippen molar-refractivity contribution in [1.29, 1.82) is 0 Å². The Morgan fingerprint density at radius 3 is 2.65 bits per heavy atom. The van der Waals surface area contributed by atoms with E-state index in [4.69, 9.17) is 5.11 Å². The molecule has 0 aliphatic rings. The number of H-pyrrole nitrogens is 1. The third-order valence-electron chi connectivity index (χ3n) is 2.51. The minimum atomic E-state index is -3.54. The third-order valence-corrected chi connectivity index (χ3v) is 4.52. The van der Waals surface area contributed by atoms with Crippen LogP contribution in [0.3, 0.4) is 0 Å². The Hall–Kier alpha value is -0.920. The first-order chi connectivity index (χ1) is 8.04. The Labute approximate surface area is 102 Å². The zero-order chi connectivity index (χ0) is 12.9. The number of aliphatic hydroxyl groups excluding tert-OH is 1. The van der Waals surface area contributed by atoms with E-state index in [1.165, 1.54) is 10.5 Å². The summed E-state index contributed by atoms with van der Waals surface area (Å²) in [5.74, 6) is 0. The summed E-state index contributed by atoms with van der Waals surface area (Å²) >= 11 is 0. The molecule has 7 heteroatoms. The summed E-state index contributed by atoms with van der Waals surface area (Å²) in [6.45, 7) is 4.01. The molecule has 0 spiro atoms. The van der Waals surface area contributed by atoms with Crippen LogP contribution in [0.5, 0.6) is 0 Å². The number of nitrogens with one attached hydrogen (secondary N) is 1. The molecule has 1 heterocycles. The lowest BCUT2D eigenvalue weighted by Gasteiger charge is -2.20. The number of aromatic nitrogens is 2. The predicted molar refractivity (Wildman–Crippen MR) is 64.1 cm³/mol. The minimum Gasteiger partial charge on any atom is -0.395 e. The number of aryl methyl sites for hydroxylation is 1. The summed E-state index contributed by atoms with van der Waals surface area (Å²) in [4.78, 5) is 0.182. The van der Waals surface area contributed by atoms with Crippen molar-refractivity contribution in [3.05, 3.63) is 11.9 Å². The van der Waals surface area contributed by atoms with E-state index in [9.17, 15) is 8.42 Å². The maximum absolute atomic E-state index is 12.3. The predicted octanol–water partition coefficient (Wildman–Crippen LogP) is 0.501. The van der Waals surface area contributed by atoms with Crippen LogP contribution in [-0.2, 0) is 10.0 Å². The van der Waals surface area contributed by atoms with Crippen molar-refractivity contribution in [2.75, 3.05) is 19.7 Å². The molecule has 0 aromatic carbocycles. The molecule has 17 heavy (non-hydrogen) atoms. The zero-order valence-electron chi connectivity index (χ0n) is 10.2. The number of sulfonamides is 1. The average molecular weight is 261 g/mol. The summed E-state index contributed by atoms with van der Waals surface area (Å²) in [6, 6.07) is 0. The molecule has 0 amide bonds. The van der Waals surface area contributed by atoms with E-state index in [1.807, 2.05) is 6.92 Å². The third kappa shape index (κ3) is 3.27. The van der Waals surface area contributed by atoms with E-state index in [1.54, 1.807) is 6.92 Å². The first-order valence-electron chi connectivity index (χ1n) is 5.65. The second-order valence-corrected chi connectivity index (χ2v) is 5.75. The van der Waals surface area contributed by atoms with Gasteiger partial charge in [-0.15, -0.1) is 0 Å². The van der Waals surface area contributed by atoms with Crippen molar-refractivity contribution in [1.82, 2.24) is 14.5 Å². The highest BCUT2D eigenvalue weighted by Gasteiger charge is 2.26. The number of unbranched alkanes of at least 4 members (excludes halogenated alkanes) is 1. The molecule has 0 fully saturated rings. The molecule has 0 radical (unpaired) electrons. The van der Waals surface area contributed by atoms with Gasteiger partial charge < -0.3 is 5.11 Å². The first kappa shape index (κ1) is 14.1. The summed E-state index contributed by atoms with van der Waals surface area (Å²) in [5, 5.41) is 15.3. The molecular weight excluding hydrogens is 242 g/mol. The van der Waals surface area contributed by atoms with E-state index in [-0.39, 0.29) is 18.0 Å². The van der Waals surface area contributed by atoms with Crippen LogP contribution in [0.15, 0.2) is 11.1 Å². The van der Waals surface area contributed by atoms with E-state index >= 15 is 0 Å². The van der Waals surface area contributed by atoms with Gasteiger partial charge in [-0.2, -0.15) is 9.40 Å². The van der Waals surface area contributed by atoms with E-state index in [0.29, 0.717) is 12.2 Å². The Bertz CT molecular complexity index is 441. The van der Waals surface area contributed by atoms with Gasteiger partial charge >= 0.3 is 0 Å². The van der Waals surface area contributed by atoms with Crippen LogP contribution in [0.25, 0.3) is 0 Å². The van der Waals surface area contributed by atoms with Crippen molar-refractivity contribution >= 4 is 10.0 Å². The van der Waals surface area contributed by atoms with Gasteiger partial charge in [-0.25, -0.2) is 8.42 Å². The van der Waals surface area contributed by atoms with Gasteiger partial charge in [0.05, 0.1) is 18.5 Å². The van der Waals surface area contributed by atoms with E-state index in [0.717, 1.165) is 12.8 Å². The molecule has 0 aliphatic heterocycles. The maximum Gasteiger partial charge on any atom is 0.246 e. The molecule has 0 bridgehead atoms. The number of aromatic amines is 1. The maximum atomic E-state index is 12.3. The van der Waals surface area contributed by atoms with Crippen LogP contribution in [0.2, 0.25) is 0 Å². The highest BCUT2D eigenvalue weighted by molar-refractivity contribution is 7.89. The molecule has 1 aromatic heterocycles. The van der Waals surface area contributed by atoms with Crippen molar-refractivity contribution in [3.63, 3.8) is 0 Å². The Morgan fingerprint density at radius 2 is 2.18 bits per heavy atom. The van der Waals surface area contributed by atoms with Gasteiger partial charge in [0, 0.05) is 13.1 Å². The Balaban J connectivity index is 2.96. The van der Waals surface area contributed by atoms with Crippen LogP contribution >= 0.6 is 0 Å². The van der Waals surface area contributed by atoms with Gasteiger partial charge in [-0.3, -0.25) is 5.10 Å². The van der Waals surface area contributed by atoms with Crippen LogP contribution < -0.4 is 0 Å². The summed E-state index contributed by atoms with van der Waals surface area (Å²) in [7, 11) is -3.54. The SMILES string of the molecule is CCCCN(CCO)S(=O)(=O)c1cn[nH]c1C. The van der Waals surface area contributed by atoms with E-state index < -0.39 is 10.0 Å². The topological polar surface area (TPSA) is 86.3 Å². The second kappa shape index (κ2) is 6.13. The molecule has 2 N–H and O–H groups in total. The standard InChI is InChI=1S/C10H19N3O3S/c1-3-4-5-13(6-7-14)17(15,16)10-8-11-12-9(10)2/h8,14H,3-7H2,1-2H3,(H,11,12). The van der Waals surface area contributed by atoms with Gasteiger partial charge in [0.2, 0.25) is 10.0 Å². The fourth-order valence-corrected chi connectivity index (χ4v) is 3.13. The van der Waals surface area contributed by atoms with Crippen LogP contribution in [-0.4, -0.2) is 47.7 Å². The highest BCUT2D eigenvalue weighted by Crippen LogP contribution is 2.17.